The van der Waals surface area contributed by atoms with Crippen LogP contribution < -0.4 is 5.32 Å². The number of nitrogens with zero attached hydrogens (tertiary/aromatic N) is 1. The van der Waals surface area contributed by atoms with Gasteiger partial charge in [-0.3, -0.25) is 10.3 Å². The standard InChI is InChI=1S/C19H22N2O/c1-13(2)19-20-16(14-8-4-3-5-9-14)12-17(21-19)15-10-6-7-11-18(15)22/h3-11,13,17,19,21-22H,12H2,1-2H3/t17-,19-/m1/s1. The van der Waals surface area contributed by atoms with Crippen LogP contribution in [0.4, 0.5) is 0 Å². The Morgan fingerprint density at radius 1 is 1.05 bits per heavy atom. The maximum absolute atomic E-state index is 10.2. The van der Waals surface area contributed by atoms with Crippen LogP contribution in [-0.2, 0) is 0 Å². The monoisotopic (exact) mass is 294 g/mol. The van der Waals surface area contributed by atoms with Crippen molar-refractivity contribution in [1.82, 2.24) is 5.32 Å². The Bertz CT molecular complexity index is 664. The predicted octanol–water partition coefficient (Wildman–Crippen LogP) is 3.90. The van der Waals surface area contributed by atoms with E-state index < -0.39 is 0 Å². The Balaban J connectivity index is 1.96. The van der Waals surface area contributed by atoms with Crippen LogP contribution in [0.5, 0.6) is 5.75 Å². The average Bonchev–Trinajstić information content (AvgIpc) is 2.55. The number of hydrogen-bond acceptors (Lipinski definition) is 3. The number of nitrogens with one attached hydrogen (secondary N) is 1. The highest BCUT2D eigenvalue weighted by atomic mass is 16.3. The summed E-state index contributed by atoms with van der Waals surface area (Å²) >= 11 is 0. The maximum atomic E-state index is 10.2. The van der Waals surface area contributed by atoms with Crippen LogP contribution in [0.25, 0.3) is 0 Å². The highest BCUT2D eigenvalue weighted by Crippen LogP contribution is 2.31. The van der Waals surface area contributed by atoms with Gasteiger partial charge in [0.15, 0.2) is 0 Å². The van der Waals surface area contributed by atoms with Gasteiger partial charge in [0.2, 0.25) is 0 Å². The van der Waals surface area contributed by atoms with E-state index in [-0.39, 0.29) is 12.2 Å². The quantitative estimate of drug-likeness (QED) is 0.901. The Morgan fingerprint density at radius 2 is 1.73 bits per heavy atom. The van der Waals surface area contributed by atoms with Crippen LogP contribution in [0.3, 0.4) is 0 Å². The topological polar surface area (TPSA) is 44.6 Å². The molecule has 1 heterocycles. The molecular formula is C19H22N2O. The number of aliphatic imine (C=N–C) groups is 1. The molecule has 3 nitrogen and oxygen atoms in total. The minimum atomic E-state index is 0.0635. The van der Waals surface area contributed by atoms with E-state index in [2.05, 4.69) is 31.3 Å². The van der Waals surface area contributed by atoms with E-state index in [0.717, 1.165) is 23.3 Å². The summed E-state index contributed by atoms with van der Waals surface area (Å²) in [5.41, 5.74) is 3.21. The molecule has 0 bridgehead atoms. The number of phenolic OH excluding ortho intramolecular Hbond substituents is 1. The third kappa shape index (κ3) is 3.04. The van der Waals surface area contributed by atoms with Crippen LogP contribution >= 0.6 is 0 Å². The lowest BCUT2D eigenvalue weighted by Crippen LogP contribution is -2.41. The Morgan fingerprint density at radius 3 is 2.41 bits per heavy atom. The smallest absolute Gasteiger partial charge is 0.120 e. The zero-order valence-electron chi connectivity index (χ0n) is 13.0. The molecule has 2 N–H and O–H groups in total. The molecule has 1 aliphatic heterocycles. The first-order valence-corrected chi connectivity index (χ1v) is 7.81. The van der Waals surface area contributed by atoms with E-state index in [1.807, 2.05) is 36.4 Å². The molecule has 2 aromatic carbocycles. The van der Waals surface area contributed by atoms with Gasteiger partial charge in [-0.2, -0.15) is 0 Å². The molecule has 0 spiro atoms. The second-order valence-corrected chi connectivity index (χ2v) is 6.11. The van der Waals surface area contributed by atoms with Crippen molar-refractivity contribution in [2.24, 2.45) is 10.9 Å². The fraction of sp³-hybridized carbons (Fsp3) is 0.316. The molecule has 0 amide bonds. The van der Waals surface area contributed by atoms with E-state index in [1.54, 1.807) is 6.07 Å². The molecule has 0 saturated heterocycles. The Labute approximate surface area is 131 Å². The van der Waals surface area contributed by atoms with Gasteiger partial charge in [0.25, 0.3) is 0 Å². The van der Waals surface area contributed by atoms with Crippen molar-refractivity contribution < 1.29 is 5.11 Å². The average molecular weight is 294 g/mol. The van der Waals surface area contributed by atoms with Gasteiger partial charge in [-0.05, 0) is 17.5 Å². The molecule has 114 valence electrons. The lowest BCUT2D eigenvalue weighted by molar-refractivity contribution is 0.345. The maximum Gasteiger partial charge on any atom is 0.120 e. The first-order chi connectivity index (χ1) is 10.6. The number of para-hydroxylation sites is 1. The minimum absolute atomic E-state index is 0.0635. The molecule has 3 rings (SSSR count). The number of rotatable bonds is 3. The second-order valence-electron chi connectivity index (χ2n) is 6.11. The number of phenols is 1. The van der Waals surface area contributed by atoms with Gasteiger partial charge in [-0.1, -0.05) is 62.4 Å². The van der Waals surface area contributed by atoms with Crippen molar-refractivity contribution >= 4 is 5.71 Å². The highest BCUT2D eigenvalue weighted by Gasteiger charge is 2.27. The van der Waals surface area contributed by atoms with Crippen LogP contribution in [0.1, 0.15) is 37.4 Å². The summed E-state index contributed by atoms with van der Waals surface area (Å²) in [7, 11) is 0. The SMILES string of the molecule is CC(C)[C@@H]1N=C(c2ccccc2)C[C@H](c2ccccc2O)N1. The van der Waals surface area contributed by atoms with Crippen molar-refractivity contribution in [2.45, 2.75) is 32.5 Å². The van der Waals surface area contributed by atoms with Crippen LogP contribution in [0.15, 0.2) is 59.6 Å². The van der Waals surface area contributed by atoms with Crippen molar-refractivity contribution in [3.63, 3.8) is 0 Å². The molecule has 2 atom stereocenters. The van der Waals surface area contributed by atoms with Gasteiger partial charge < -0.3 is 5.11 Å². The van der Waals surface area contributed by atoms with Gasteiger partial charge in [0.1, 0.15) is 11.9 Å². The van der Waals surface area contributed by atoms with E-state index in [1.165, 1.54) is 0 Å². The molecule has 0 aliphatic carbocycles. The third-order valence-electron chi connectivity index (χ3n) is 4.11. The van der Waals surface area contributed by atoms with Crippen molar-refractivity contribution in [3.05, 3.63) is 65.7 Å². The van der Waals surface area contributed by atoms with Gasteiger partial charge in [0, 0.05) is 23.7 Å². The van der Waals surface area contributed by atoms with E-state index in [0.29, 0.717) is 11.7 Å². The Hall–Kier alpha value is -2.13. The molecule has 1 aliphatic rings. The molecule has 0 radical (unpaired) electrons. The summed E-state index contributed by atoms with van der Waals surface area (Å²) < 4.78 is 0. The fourth-order valence-electron chi connectivity index (χ4n) is 2.86. The van der Waals surface area contributed by atoms with E-state index in [4.69, 9.17) is 4.99 Å². The van der Waals surface area contributed by atoms with Crippen LogP contribution in [-0.4, -0.2) is 17.0 Å². The fourth-order valence-corrected chi connectivity index (χ4v) is 2.86. The summed E-state index contributed by atoms with van der Waals surface area (Å²) in [6.07, 6.45) is 0.846. The summed E-state index contributed by atoms with van der Waals surface area (Å²) in [5.74, 6) is 0.740. The molecule has 2 aromatic rings. The predicted molar refractivity (Wildman–Crippen MR) is 90.2 cm³/mol. The second kappa shape index (κ2) is 6.32. The zero-order valence-corrected chi connectivity index (χ0v) is 13.0. The van der Waals surface area contributed by atoms with Crippen LogP contribution in [0, 0.1) is 5.92 Å². The van der Waals surface area contributed by atoms with Crippen molar-refractivity contribution in [2.75, 3.05) is 0 Å². The zero-order chi connectivity index (χ0) is 15.5. The summed E-state index contributed by atoms with van der Waals surface area (Å²) in [4.78, 5) is 4.88. The first-order valence-electron chi connectivity index (χ1n) is 7.81. The molecule has 0 unspecified atom stereocenters. The minimum Gasteiger partial charge on any atom is -0.508 e. The molecule has 0 fully saturated rings. The lowest BCUT2D eigenvalue weighted by Gasteiger charge is -2.32. The van der Waals surface area contributed by atoms with E-state index in [9.17, 15) is 5.11 Å². The molecule has 0 aromatic heterocycles. The van der Waals surface area contributed by atoms with Crippen molar-refractivity contribution in [3.8, 4) is 5.75 Å². The molecular weight excluding hydrogens is 272 g/mol. The third-order valence-corrected chi connectivity index (χ3v) is 4.11. The summed E-state index contributed by atoms with van der Waals surface area (Å²) in [6.45, 7) is 4.33. The lowest BCUT2D eigenvalue weighted by atomic mass is 9.93. The largest absolute Gasteiger partial charge is 0.508 e. The normalized spacial score (nSPS) is 21.7. The number of aromatic hydroxyl groups is 1. The number of hydrogen-bond donors (Lipinski definition) is 2. The Kier molecular flexibility index (Phi) is 4.25. The van der Waals surface area contributed by atoms with Gasteiger partial charge in [-0.15, -0.1) is 0 Å². The molecule has 22 heavy (non-hydrogen) atoms. The van der Waals surface area contributed by atoms with Gasteiger partial charge >= 0.3 is 0 Å². The molecule has 3 heteroatoms. The van der Waals surface area contributed by atoms with Gasteiger partial charge in [-0.25, -0.2) is 0 Å². The van der Waals surface area contributed by atoms with E-state index >= 15 is 0 Å². The number of benzene rings is 2. The first kappa shape index (κ1) is 14.8. The van der Waals surface area contributed by atoms with Crippen molar-refractivity contribution in [1.29, 1.82) is 0 Å². The molecule has 0 saturated carbocycles. The summed E-state index contributed by atoms with van der Waals surface area (Å²) in [5, 5.41) is 13.7. The summed E-state index contributed by atoms with van der Waals surface area (Å²) in [6, 6.07) is 17.9. The highest BCUT2D eigenvalue weighted by molar-refractivity contribution is 6.01. The van der Waals surface area contributed by atoms with Gasteiger partial charge in [0.05, 0.1) is 0 Å². The van der Waals surface area contributed by atoms with Crippen LogP contribution in [0.2, 0.25) is 0 Å².